The van der Waals surface area contributed by atoms with Crippen molar-refractivity contribution in [2.45, 2.75) is 51.6 Å². The molecular formula is C13H26N2O2. The van der Waals surface area contributed by atoms with E-state index in [1.54, 1.807) is 7.05 Å². The molecule has 100 valence electrons. The van der Waals surface area contributed by atoms with E-state index in [2.05, 4.69) is 24.1 Å². The summed E-state index contributed by atoms with van der Waals surface area (Å²) in [6, 6.07) is 0.0208. The Morgan fingerprint density at radius 1 is 1.47 bits per heavy atom. The van der Waals surface area contributed by atoms with E-state index in [1.807, 2.05) is 0 Å². The fourth-order valence-corrected chi connectivity index (χ4v) is 2.65. The van der Waals surface area contributed by atoms with Crippen LogP contribution in [0.5, 0.6) is 0 Å². The molecule has 1 saturated heterocycles. The third-order valence-electron chi connectivity index (χ3n) is 3.50. The lowest BCUT2D eigenvalue weighted by Crippen LogP contribution is -2.47. The summed E-state index contributed by atoms with van der Waals surface area (Å²) in [4.78, 5) is 13.5. The molecule has 0 aromatic carbocycles. The molecule has 1 aliphatic rings. The van der Waals surface area contributed by atoms with Crippen LogP contribution in [0.1, 0.15) is 39.5 Å². The summed E-state index contributed by atoms with van der Waals surface area (Å²) in [5.74, 6) is -0.0870. The van der Waals surface area contributed by atoms with Crippen LogP contribution in [0.3, 0.4) is 0 Å². The number of rotatable bonds is 6. The molecular weight excluding hydrogens is 216 g/mol. The largest absolute Gasteiger partial charge is 0.480 e. The van der Waals surface area contributed by atoms with Crippen molar-refractivity contribution in [3.05, 3.63) is 0 Å². The van der Waals surface area contributed by atoms with Crippen molar-refractivity contribution < 1.29 is 9.90 Å². The Kier molecular flexibility index (Phi) is 5.92. The first kappa shape index (κ1) is 14.5. The van der Waals surface area contributed by atoms with E-state index in [-0.39, 0.29) is 0 Å². The van der Waals surface area contributed by atoms with E-state index >= 15 is 0 Å². The zero-order valence-corrected chi connectivity index (χ0v) is 11.3. The minimum absolute atomic E-state index is 0.409. The lowest BCUT2D eigenvalue weighted by atomic mass is 9.95. The Morgan fingerprint density at radius 2 is 2.18 bits per heavy atom. The highest BCUT2D eigenvalue weighted by Gasteiger charge is 2.27. The zero-order valence-electron chi connectivity index (χ0n) is 11.3. The highest BCUT2D eigenvalue weighted by Crippen LogP contribution is 2.22. The summed E-state index contributed by atoms with van der Waals surface area (Å²) in [5.41, 5.74) is 0. The van der Waals surface area contributed by atoms with Gasteiger partial charge in [-0.05, 0) is 38.8 Å². The fourth-order valence-electron chi connectivity index (χ4n) is 2.65. The van der Waals surface area contributed by atoms with Crippen LogP contribution in [0.25, 0.3) is 0 Å². The second-order valence-corrected chi connectivity index (χ2v) is 5.45. The topological polar surface area (TPSA) is 52.6 Å². The highest BCUT2D eigenvalue weighted by molar-refractivity contribution is 5.73. The van der Waals surface area contributed by atoms with Gasteiger partial charge in [0.25, 0.3) is 0 Å². The van der Waals surface area contributed by atoms with E-state index in [1.165, 1.54) is 12.8 Å². The molecule has 1 fully saturated rings. The van der Waals surface area contributed by atoms with Crippen molar-refractivity contribution in [1.82, 2.24) is 10.2 Å². The molecule has 2 atom stereocenters. The van der Waals surface area contributed by atoms with Gasteiger partial charge in [-0.2, -0.15) is 0 Å². The minimum atomic E-state index is -0.734. The first-order chi connectivity index (χ1) is 8.04. The van der Waals surface area contributed by atoms with E-state index in [9.17, 15) is 4.79 Å². The number of carboxylic acid groups (broad SMARTS) is 1. The summed E-state index contributed by atoms with van der Waals surface area (Å²) in [5, 5.41) is 12.0. The Bertz CT molecular complexity index is 244. The first-order valence-corrected chi connectivity index (χ1v) is 6.68. The van der Waals surface area contributed by atoms with Gasteiger partial charge in [-0.1, -0.05) is 20.3 Å². The van der Waals surface area contributed by atoms with Crippen molar-refractivity contribution in [1.29, 1.82) is 0 Å². The number of nitrogens with one attached hydrogen (secondary N) is 1. The predicted octanol–water partition coefficient (Wildman–Crippen LogP) is 1.56. The predicted molar refractivity (Wildman–Crippen MR) is 69.2 cm³/mol. The number of nitrogens with zero attached hydrogens (tertiary/aromatic N) is 1. The molecule has 0 aromatic rings. The molecule has 2 N–H and O–H groups in total. The van der Waals surface area contributed by atoms with Crippen molar-refractivity contribution >= 4 is 5.97 Å². The normalized spacial score (nSPS) is 23.9. The van der Waals surface area contributed by atoms with Crippen LogP contribution in [-0.4, -0.2) is 48.2 Å². The van der Waals surface area contributed by atoms with Crippen molar-refractivity contribution in [3.8, 4) is 0 Å². The molecule has 0 aromatic heterocycles. The molecule has 17 heavy (non-hydrogen) atoms. The van der Waals surface area contributed by atoms with Crippen molar-refractivity contribution in [2.75, 3.05) is 20.1 Å². The van der Waals surface area contributed by atoms with E-state index in [0.717, 1.165) is 25.9 Å². The summed E-state index contributed by atoms with van der Waals surface area (Å²) < 4.78 is 0. The van der Waals surface area contributed by atoms with Gasteiger partial charge in [0, 0.05) is 12.6 Å². The van der Waals surface area contributed by atoms with Crippen LogP contribution >= 0.6 is 0 Å². The average Bonchev–Trinajstić information content (AvgIpc) is 2.26. The summed E-state index contributed by atoms with van der Waals surface area (Å²) in [6.07, 6.45) is 4.34. The van der Waals surface area contributed by atoms with Gasteiger partial charge in [0.1, 0.15) is 6.04 Å². The van der Waals surface area contributed by atoms with Crippen LogP contribution < -0.4 is 5.32 Å². The van der Waals surface area contributed by atoms with Gasteiger partial charge < -0.3 is 15.3 Å². The maximum absolute atomic E-state index is 11.1. The fraction of sp³-hybridized carbons (Fsp3) is 0.923. The van der Waals surface area contributed by atoms with Crippen LogP contribution in [0.15, 0.2) is 0 Å². The third-order valence-corrected chi connectivity index (χ3v) is 3.50. The van der Waals surface area contributed by atoms with Crippen molar-refractivity contribution in [2.24, 2.45) is 5.92 Å². The molecule has 0 spiro atoms. The number of aliphatic carboxylic acids is 1. The number of piperidine rings is 1. The molecule has 0 bridgehead atoms. The molecule has 1 heterocycles. The lowest BCUT2D eigenvalue weighted by molar-refractivity contribution is -0.140. The second-order valence-electron chi connectivity index (χ2n) is 5.45. The number of likely N-dealkylation sites (tertiary alicyclic amines) is 1. The lowest BCUT2D eigenvalue weighted by Gasteiger charge is -2.38. The molecule has 4 nitrogen and oxygen atoms in total. The Balaban J connectivity index is 2.55. The Labute approximate surface area is 104 Å². The monoisotopic (exact) mass is 242 g/mol. The number of carbonyl (C=O) groups is 1. The van der Waals surface area contributed by atoms with Gasteiger partial charge in [0.15, 0.2) is 0 Å². The van der Waals surface area contributed by atoms with Gasteiger partial charge in [-0.3, -0.25) is 4.79 Å². The number of likely N-dealkylation sites (N-methyl/N-ethyl adjacent to an activating group) is 1. The van der Waals surface area contributed by atoms with E-state index < -0.39 is 12.0 Å². The molecule has 2 unspecified atom stereocenters. The number of hydrogen-bond acceptors (Lipinski definition) is 3. The summed E-state index contributed by atoms with van der Waals surface area (Å²) in [6.45, 7) is 6.65. The summed E-state index contributed by atoms with van der Waals surface area (Å²) >= 11 is 0. The van der Waals surface area contributed by atoms with Crippen LogP contribution in [0.4, 0.5) is 0 Å². The highest BCUT2D eigenvalue weighted by atomic mass is 16.4. The zero-order chi connectivity index (χ0) is 12.8. The maximum atomic E-state index is 11.1. The molecule has 1 aliphatic heterocycles. The molecule has 0 saturated carbocycles. The standard InChI is InChI=1S/C13H26N2O2/c1-10(2)9-15-7-5-4-6-11(15)8-12(14-3)13(16)17/h10-12,14H,4-9H2,1-3H3,(H,16,17). The van der Waals surface area contributed by atoms with Gasteiger partial charge in [-0.15, -0.1) is 0 Å². The van der Waals surface area contributed by atoms with Gasteiger partial charge >= 0.3 is 5.97 Å². The molecule has 0 amide bonds. The summed E-state index contributed by atoms with van der Waals surface area (Å²) in [7, 11) is 1.73. The Hall–Kier alpha value is -0.610. The third kappa shape index (κ3) is 4.64. The van der Waals surface area contributed by atoms with Gasteiger partial charge in [0.05, 0.1) is 0 Å². The quantitative estimate of drug-likeness (QED) is 0.742. The van der Waals surface area contributed by atoms with Gasteiger partial charge in [-0.25, -0.2) is 0 Å². The van der Waals surface area contributed by atoms with Gasteiger partial charge in [0.2, 0.25) is 0 Å². The van der Waals surface area contributed by atoms with E-state index in [0.29, 0.717) is 12.0 Å². The Morgan fingerprint density at radius 3 is 2.71 bits per heavy atom. The van der Waals surface area contributed by atoms with E-state index in [4.69, 9.17) is 5.11 Å². The molecule has 0 aliphatic carbocycles. The smallest absolute Gasteiger partial charge is 0.320 e. The molecule has 0 radical (unpaired) electrons. The molecule has 1 rings (SSSR count). The number of hydrogen-bond donors (Lipinski definition) is 2. The maximum Gasteiger partial charge on any atom is 0.320 e. The number of carboxylic acids is 1. The van der Waals surface area contributed by atoms with Crippen LogP contribution in [-0.2, 0) is 4.79 Å². The second kappa shape index (κ2) is 6.97. The molecule has 4 heteroatoms. The SMILES string of the molecule is CNC(CC1CCCCN1CC(C)C)C(=O)O. The average molecular weight is 242 g/mol. The first-order valence-electron chi connectivity index (χ1n) is 6.68. The van der Waals surface area contributed by atoms with Crippen LogP contribution in [0.2, 0.25) is 0 Å². The minimum Gasteiger partial charge on any atom is -0.480 e. The van der Waals surface area contributed by atoms with Crippen molar-refractivity contribution in [3.63, 3.8) is 0 Å². The van der Waals surface area contributed by atoms with Crippen LogP contribution in [0, 0.1) is 5.92 Å².